The van der Waals surface area contributed by atoms with E-state index in [-0.39, 0.29) is 12.1 Å². The maximum Gasteiger partial charge on any atom is 0.410 e. The van der Waals surface area contributed by atoms with Crippen molar-refractivity contribution in [2.75, 3.05) is 26.7 Å². The number of hydrogen-bond donors (Lipinski definition) is 0. The monoisotopic (exact) mass is 277 g/mol. The van der Waals surface area contributed by atoms with Gasteiger partial charge in [0.05, 0.1) is 6.04 Å². The molecule has 0 radical (unpaired) electrons. The molecule has 0 bridgehead atoms. The standard InChI is InChI=1S/C15H23N3O2/c1-15(2,3)20-14(19)18-9-8-17(4)13(11-18)12-6-5-7-16-10-12/h5-7,10,13H,8-9,11H2,1-4H3. The minimum Gasteiger partial charge on any atom is -0.444 e. The number of pyridine rings is 1. The third-order valence-electron chi connectivity index (χ3n) is 3.37. The summed E-state index contributed by atoms with van der Waals surface area (Å²) in [4.78, 5) is 20.4. The first-order valence-corrected chi connectivity index (χ1v) is 6.95. The van der Waals surface area contributed by atoms with Gasteiger partial charge >= 0.3 is 6.09 Å². The van der Waals surface area contributed by atoms with Crippen LogP contribution in [0.3, 0.4) is 0 Å². The SMILES string of the molecule is CN1CCN(C(=O)OC(C)(C)C)CC1c1cccnc1. The number of piperazine rings is 1. The molecule has 1 fully saturated rings. The molecule has 0 spiro atoms. The third kappa shape index (κ3) is 3.70. The van der Waals surface area contributed by atoms with Crippen molar-refractivity contribution < 1.29 is 9.53 Å². The zero-order chi connectivity index (χ0) is 14.8. The Morgan fingerprint density at radius 1 is 1.40 bits per heavy atom. The van der Waals surface area contributed by atoms with Crippen molar-refractivity contribution >= 4 is 6.09 Å². The van der Waals surface area contributed by atoms with Gasteiger partial charge in [0.15, 0.2) is 0 Å². The zero-order valence-electron chi connectivity index (χ0n) is 12.7. The topological polar surface area (TPSA) is 45.7 Å². The summed E-state index contributed by atoms with van der Waals surface area (Å²) in [5.41, 5.74) is 0.674. The molecule has 1 aromatic heterocycles. The van der Waals surface area contributed by atoms with Gasteiger partial charge in [-0.15, -0.1) is 0 Å². The number of rotatable bonds is 1. The molecule has 1 saturated heterocycles. The van der Waals surface area contributed by atoms with Crippen molar-refractivity contribution in [2.45, 2.75) is 32.4 Å². The fourth-order valence-corrected chi connectivity index (χ4v) is 2.30. The molecular formula is C15H23N3O2. The number of likely N-dealkylation sites (N-methyl/N-ethyl adjacent to an activating group) is 1. The minimum atomic E-state index is -0.454. The number of amides is 1. The second-order valence-corrected chi connectivity index (χ2v) is 6.21. The maximum absolute atomic E-state index is 12.2. The Labute approximate surface area is 120 Å². The molecule has 1 aliphatic rings. The maximum atomic E-state index is 12.2. The van der Waals surface area contributed by atoms with Gasteiger partial charge in [0, 0.05) is 32.0 Å². The fraction of sp³-hybridized carbons (Fsp3) is 0.600. The number of nitrogens with zero attached hydrogens (tertiary/aromatic N) is 3. The van der Waals surface area contributed by atoms with E-state index in [0.717, 1.165) is 12.1 Å². The second-order valence-electron chi connectivity index (χ2n) is 6.21. The van der Waals surface area contributed by atoms with Gasteiger partial charge in [0.2, 0.25) is 0 Å². The summed E-state index contributed by atoms with van der Waals surface area (Å²) < 4.78 is 5.45. The Morgan fingerprint density at radius 3 is 2.75 bits per heavy atom. The van der Waals surface area contributed by atoms with E-state index in [1.54, 1.807) is 11.1 Å². The summed E-state index contributed by atoms with van der Waals surface area (Å²) >= 11 is 0. The second kappa shape index (κ2) is 5.79. The van der Waals surface area contributed by atoms with Crippen LogP contribution in [0.1, 0.15) is 32.4 Å². The van der Waals surface area contributed by atoms with E-state index >= 15 is 0 Å². The van der Waals surface area contributed by atoms with Crippen LogP contribution in [0.25, 0.3) is 0 Å². The number of aromatic nitrogens is 1. The van der Waals surface area contributed by atoms with E-state index < -0.39 is 5.60 Å². The fourth-order valence-electron chi connectivity index (χ4n) is 2.30. The highest BCUT2D eigenvalue weighted by Gasteiger charge is 2.31. The molecular weight excluding hydrogens is 254 g/mol. The molecule has 5 nitrogen and oxygen atoms in total. The lowest BCUT2D eigenvalue weighted by molar-refractivity contribution is 0.00736. The van der Waals surface area contributed by atoms with Gasteiger partial charge < -0.3 is 9.64 Å². The zero-order valence-corrected chi connectivity index (χ0v) is 12.7. The summed E-state index contributed by atoms with van der Waals surface area (Å²) in [7, 11) is 2.07. The van der Waals surface area contributed by atoms with E-state index in [4.69, 9.17) is 4.74 Å². The summed E-state index contributed by atoms with van der Waals surface area (Å²) in [5, 5.41) is 0. The number of hydrogen-bond acceptors (Lipinski definition) is 4. The first-order valence-electron chi connectivity index (χ1n) is 6.95. The largest absolute Gasteiger partial charge is 0.444 e. The van der Waals surface area contributed by atoms with Gasteiger partial charge in [-0.3, -0.25) is 9.88 Å². The lowest BCUT2D eigenvalue weighted by Gasteiger charge is -2.39. The Morgan fingerprint density at radius 2 is 2.15 bits per heavy atom. The molecule has 1 aliphatic heterocycles. The van der Waals surface area contributed by atoms with Crippen LogP contribution >= 0.6 is 0 Å². The van der Waals surface area contributed by atoms with E-state index in [1.165, 1.54) is 0 Å². The van der Waals surface area contributed by atoms with E-state index in [9.17, 15) is 4.79 Å². The van der Waals surface area contributed by atoms with Crippen LogP contribution in [-0.2, 0) is 4.74 Å². The van der Waals surface area contributed by atoms with E-state index in [2.05, 4.69) is 16.9 Å². The van der Waals surface area contributed by atoms with E-state index in [0.29, 0.717) is 13.1 Å². The highest BCUT2D eigenvalue weighted by Crippen LogP contribution is 2.24. The highest BCUT2D eigenvalue weighted by molar-refractivity contribution is 5.68. The average molecular weight is 277 g/mol. The predicted molar refractivity (Wildman–Crippen MR) is 77.4 cm³/mol. The summed E-state index contributed by atoms with van der Waals surface area (Å²) in [6.45, 7) is 7.83. The summed E-state index contributed by atoms with van der Waals surface area (Å²) in [5.74, 6) is 0. The van der Waals surface area contributed by atoms with Gasteiger partial charge in [-0.2, -0.15) is 0 Å². The molecule has 1 atom stereocenters. The number of ether oxygens (including phenoxy) is 1. The first kappa shape index (κ1) is 14.8. The molecule has 1 aromatic rings. The van der Waals surface area contributed by atoms with Crippen LogP contribution in [0.2, 0.25) is 0 Å². The van der Waals surface area contributed by atoms with Crippen LogP contribution in [0, 0.1) is 0 Å². The minimum absolute atomic E-state index is 0.171. The van der Waals surface area contributed by atoms with Gasteiger partial charge in [-0.25, -0.2) is 4.79 Å². The summed E-state index contributed by atoms with van der Waals surface area (Å²) in [6.07, 6.45) is 3.39. The molecule has 1 amide bonds. The first-order chi connectivity index (χ1) is 9.37. The van der Waals surface area contributed by atoms with Crippen molar-refractivity contribution in [3.05, 3.63) is 30.1 Å². The van der Waals surface area contributed by atoms with Crippen molar-refractivity contribution in [3.8, 4) is 0 Å². The molecule has 20 heavy (non-hydrogen) atoms. The predicted octanol–water partition coefficient (Wildman–Crippen LogP) is 2.31. The van der Waals surface area contributed by atoms with Crippen LogP contribution < -0.4 is 0 Å². The van der Waals surface area contributed by atoms with Crippen LogP contribution in [0.5, 0.6) is 0 Å². The smallest absolute Gasteiger partial charge is 0.410 e. The highest BCUT2D eigenvalue weighted by atomic mass is 16.6. The van der Waals surface area contributed by atoms with Crippen molar-refractivity contribution in [3.63, 3.8) is 0 Å². The van der Waals surface area contributed by atoms with Gasteiger partial charge in [-0.05, 0) is 39.4 Å². The Balaban J connectivity index is 2.07. The van der Waals surface area contributed by atoms with Crippen molar-refractivity contribution in [1.82, 2.24) is 14.8 Å². The molecule has 1 unspecified atom stereocenters. The van der Waals surface area contributed by atoms with Crippen LogP contribution in [0.4, 0.5) is 4.79 Å². The molecule has 5 heteroatoms. The Kier molecular flexibility index (Phi) is 4.28. The molecule has 0 N–H and O–H groups in total. The van der Waals surface area contributed by atoms with Gasteiger partial charge in [-0.1, -0.05) is 6.07 Å². The Hall–Kier alpha value is -1.62. The van der Waals surface area contributed by atoms with E-state index in [1.807, 2.05) is 39.1 Å². The quantitative estimate of drug-likeness (QED) is 0.790. The van der Waals surface area contributed by atoms with Crippen molar-refractivity contribution in [2.24, 2.45) is 0 Å². The molecule has 0 saturated carbocycles. The molecule has 110 valence electrons. The van der Waals surface area contributed by atoms with Gasteiger partial charge in [0.1, 0.15) is 5.60 Å². The normalized spacial score (nSPS) is 20.8. The molecule has 2 rings (SSSR count). The molecule has 0 aliphatic carbocycles. The Bertz CT molecular complexity index is 456. The van der Waals surface area contributed by atoms with Crippen LogP contribution in [0.15, 0.2) is 24.5 Å². The third-order valence-corrected chi connectivity index (χ3v) is 3.37. The number of carbonyl (C=O) groups excluding carboxylic acids is 1. The van der Waals surface area contributed by atoms with Gasteiger partial charge in [0.25, 0.3) is 0 Å². The molecule has 0 aromatic carbocycles. The van der Waals surface area contributed by atoms with Crippen LogP contribution in [-0.4, -0.2) is 53.2 Å². The van der Waals surface area contributed by atoms with Crippen molar-refractivity contribution in [1.29, 1.82) is 0 Å². The average Bonchev–Trinajstić information content (AvgIpc) is 2.38. The molecule has 2 heterocycles. The summed E-state index contributed by atoms with van der Waals surface area (Å²) in [6, 6.07) is 4.15. The lowest BCUT2D eigenvalue weighted by Crippen LogP contribution is -2.50. The lowest BCUT2D eigenvalue weighted by atomic mass is 10.1. The number of carbonyl (C=O) groups is 1.